The molecule has 4 nitrogen and oxygen atoms in total. The van der Waals surface area contributed by atoms with Gasteiger partial charge in [0.15, 0.2) is 0 Å². The number of ether oxygens (including phenoxy) is 1. The van der Waals surface area contributed by atoms with Gasteiger partial charge in [-0.2, -0.15) is 0 Å². The average molecular weight is 222 g/mol. The highest BCUT2D eigenvalue weighted by atomic mass is 16.8. The molecule has 2 N–H and O–H groups in total. The van der Waals surface area contributed by atoms with Crippen LogP contribution in [0, 0.1) is 0 Å². The molecular weight excluding hydrogens is 208 g/mol. The van der Waals surface area contributed by atoms with Crippen LogP contribution in [0.5, 0.6) is 0 Å². The van der Waals surface area contributed by atoms with Crippen LogP contribution >= 0.6 is 0 Å². The highest BCUT2D eigenvalue weighted by Gasteiger charge is 2.27. The van der Waals surface area contributed by atoms with E-state index in [9.17, 15) is 15.0 Å². The smallest absolute Gasteiger partial charge is 0.334 e. The summed E-state index contributed by atoms with van der Waals surface area (Å²) < 4.78 is 4.47. The highest BCUT2D eigenvalue weighted by Crippen LogP contribution is 2.12. The van der Waals surface area contributed by atoms with Crippen LogP contribution in [0.1, 0.15) is 12.5 Å². The van der Waals surface area contributed by atoms with Gasteiger partial charge in [-0.1, -0.05) is 36.4 Å². The second-order valence-electron chi connectivity index (χ2n) is 3.33. The molecule has 0 atom stereocenters. The predicted octanol–water partition coefficient (Wildman–Crippen LogP) is 0.987. The number of carbonyl (C=O) groups is 1. The fourth-order valence-electron chi connectivity index (χ4n) is 1.23. The lowest BCUT2D eigenvalue weighted by Crippen LogP contribution is -2.36. The number of allylic oxidation sites excluding steroid dienone is 1. The van der Waals surface area contributed by atoms with Gasteiger partial charge in [-0.05, 0) is 12.5 Å². The molecule has 86 valence electrons. The number of aliphatic hydroxyl groups is 2. The molecule has 0 saturated carbocycles. The van der Waals surface area contributed by atoms with Crippen molar-refractivity contribution in [3.63, 3.8) is 0 Å². The Balaban J connectivity index is 2.61. The number of hydrogen-bond donors (Lipinski definition) is 2. The minimum Gasteiger partial charge on any atom is -0.405 e. The van der Waals surface area contributed by atoms with Crippen molar-refractivity contribution in [1.82, 2.24) is 0 Å². The molecular formula is C12H14O4. The summed E-state index contributed by atoms with van der Waals surface area (Å²) in [4.78, 5) is 11.0. The van der Waals surface area contributed by atoms with Crippen molar-refractivity contribution in [2.75, 3.05) is 0 Å². The van der Waals surface area contributed by atoms with Gasteiger partial charge in [0.25, 0.3) is 0 Å². The lowest BCUT2D eigenvalue weighted by Gasteiger charge is -2.20. The Morgan fingerprint density at radius 2 is 2.00 bits per heavy atom. The molecule has 0 aliphatic rings. The quantitative estimate of drug-likeness (QED) is 0.453. The van der Waals surface area contributed by atoms with Crippen molar-refractivity contribution >= 4 is 5.97 Å². The van der Waals surface area contributed by atoms with Crippen LogP contribution in [-0.4, -0.2) is 22.2 Å². The van der Waals surface area contributed by atoms with Crippen LogP contribution in [-0.2, 0) is 16.0 Å². The van der Waals surface area contributed by atoms with Gasteiger partial charge in [0.1, 0.15) is 0 Å². The first kappa shape index (κ1) is 12.4. The molecule has 0 aliphatic carbocycles. The largest absolute Gasteiger partial charge is 0.405 e. The normalized spacial score (nSPS) is 11.7. The van der Waals surface area contributed by atoms with Gasteiger partial charge in [0.2, 0.25) is 0 Å². The summed E-state index contributed by atoms with van der Waals surface area (Å²) >= 11 is 0. The van der Waals surface area contributed by atoms with Gasteiger partial charge >= 0.3 is 11.9 Å². The first-order chi connectivity index (χ1) is 7.53. The molecule has 16 heavy (non-hydrogen) atoms. The first-order valence-corrected chi connectivity index (χ1v) is 4.88. The minimum absolute atomic E-state index is 0.170. The molecule has 0 heterocycles. The van der Waals surface area contributed by atoms with Crippen molar-refractivity contribution in [3.8, 4) is 0 Å². The van der Waals surface area contributed by atoms with E-state index in [-0.39, 0.29) is 6.42 Å². The third-order valence-electron chi connectivity index (χ3n) is 1.84. The minimum atomic E-state index is -2.47. The number of rotatable bonds is 4. The van der Waals surface area contributed by atoms with Crippen LogP contribution in [0.15, 0.2) is 42.5 Å². The first-order valence-electron chi connectivity index (χ1n) is 4.88. The molecule has 0 aliphatic heterocycles. The van der Waals surface area contributed by atoms with E-state index in [1.165, 1.54) is 6.08 Å². The van der Waals surface area contributed by atoms with Crippen LogP contribution in [0.25, 0.3) is 0 Å². The third-order valence-corrected chi connectivity index (χ3v) is 1.84. The molecule has 1 rings (SSSR count). The van der Waals surface area contributed by atoms with E-state index >= 15 is 0 Å². The van der Waals surface area contributed by atoms with Gasteiger partial charge in [0.05, 0.1) is 6.42 Å². The maximum absolute atomic E-state index is 11.0. The molecule has 1 aromatic carbocycles. The monoisotopic (exact) mass is 222 g/mol. The average Bonchev–Trinajstić information content (AvgIpc) is 2.17. The Morgan fingerprint density at radius 3 is 2.56 bits per heavy atom. The van der Waals surface area contributed by atoms with E-state index in [0.717, 1.165) is 6.08 Å². The van der Waals surface area contributed by atoms with Crippen molar-refractivity contribution < 1.29 is 19.7 Å². The maximum Gasteiger partial charge on any atom is 0.334 e. The summed E-state index contributed by atoms with van der Waals surface area (Å²) in [6.07, 6.45) is 2.41. The molecule has 0 saturated heterocycles. The van der Waals surface area contributed by atoms with Gasteiger partial charge in [0, 0.05) is 6.08 Å². The van der Waals surface area contributed by atoms with Crippen LogP contribution < -0.4 is 0 Å². The zero-order valence-corrected chi connectivity index (χ0v) is 8.96. The summed E-state index contributed by atoms with van der Waals surface area (Å²) in [5, 5.41) is 18.9. The lowest BCUT2D eigenvalue weighted by atomic mass is 10.1. The van der Waals surface area contributed by atoms with E-state index in [0.29, 0.717) is 5.56 Å². The second-order valence-corrected chi connectivity index (χ2v) is 3.33. The second kappa shape index (κ2) is 5.44. The fraction of sp³-hybridized carbons (Fsp3) is 0.250. The van der Waals surface area contributed by atoms with Crippen molar-refractivity contribution in [2.24, 2.45) is 0 Å². The Bertz CT molecular complexity index is 368. The molecule has 0 aromatic heterocycles. The zero-order valence-electron chi connectivity index (χ0n) is 8.96. The molecule has 0 fully saturated rings. The Hall–Kier alpha value is -1.65. The van der Waals surface area contributed by atoms with E-state index in [1.807, 2.05) is 6.07 Å². The molecule has 0 bridgehead atoms. The molecule has 1 aromatic rings. The fourth-order valence-corrected chi connectivity index (χ4v) is 1.23. The Labute approximate surface area is 93.8 Å². The van der Waals surface area contributed by atoms with Crippen molar-refractivity contribution in [3.05, 3.63) is 48.0 Å². The van der Waals surface area contributed by atoms with Gasteiger partial charge < -0.3 is 14.9 Å². The van der Waals surface area contributed by atoms with E-state index in [1.54, 1.807) is 31.2 Å². The SMILES string of the molecule is CC=CC(=O)OC(O)(O)Cc1ccccc1. The topological polar surface area (TPSA) is 66.8 Å². The number of esters is 1. The van der Waals surface area contributed by atoms with Crippen LogP contribution in [0.3, 0.4) is 0 Å². The molecule has 0 radical (unpaired) electrons. The number of carbonyl (C=O) groups excluding carboxylic acids is 1. The van der Waals surface area contributed by atoms with E-state index < -0.39 is 11.9 Å². The molecule has 4 heteroatoms. The van der Waals surface area contributed by atoms with Gasteiger partial charge in [-0.25, -0.2) is 4.79 Å². The van der Waals surface area contributed by atoms with E-state index in [2.05, 4.69) is 4.74 Å². The summed E-state index contributed by atoms with van der Waals surface area (Å²) in [7, 11) is 0. The van der Waals surface area contributed by atoms with Crippen LogP contribution in [0.4, 0.5) is 0 Å². The zero-order chi connectivity index (χ0) is 12.0. The summed E-state index contributed by atoms with van der Waals surface area (Å²) in [6.45, 7) is 1.63. The third kappa shape index (κ3) is 4.25. The predicted molar refractivity (Wildman–Crippen MR) is 58.2 cm³/mol. The highest BCUT2D eigenvalue weighted by molar-refractivity contribution is 5.81. The molecule has 0 amide bonds. The van der Waals surface area contributed by atoms with Gasteiger partial charge in [-0.3, -0.25) is 0 Å². The summed E-state index contributed by atoms with van der Waals surface area (Å²) in [5.41, 5.74) is 0.667. The maximum atomic E-state index is 11.0. The summed E-state index contributed by atoms with van der Waals surface area (Å²) in [5.74, 6) is -3.26. The standard InChI is InChI=1S/C12H14O4/c1-2-6-11(13)16-12(14,15)9-10-7-4-3-5-8-10/h2-8,14-15H,9H2,1H3. The number of benzene rings is 1. The number of hydrogen-bond acceptors (Lipinski definition) is 4. The molecule has 0 spiro atoms. The Morgan fingerprint density at radius 1 is 1.38 bits per heavy atom. The lowest BCUT2D eigenvalue weighted by molar-refractivity contribution is -0.315. The Kier molecular flexibility index (Phi) is 4.22. The summed E-state index contributed by atoms with van der Waals surface area (Å²) in [6, 6.07) is 8.76. The van der Waals surface area contributed by atoms with Crippen LogP contribution in [0.2, 0.25) is 0 Å². The molecule has 0 unspecified atom stereocenters. The van der Waals surface area contributed by atoms with E-state index in [4.69, 9.17) is 0 Å². The van der Waals surface area contributed by atoms with Crippen molar-refractivity contribution in [1.29, 1.82) is 0 Å². The van der Waals surface area contributed by atoms with Gasteiger partial charge in [-0.15, -0.1) is 0 Å². The van der Waals surface area contributed by atoms with Crippen molar-refractivity contribution in [2.45, 2.75) is 19.3 Å².